The van der Waals surface area contributed by atoms with E-state index in [2.05, 4.69) is 11.8 Å². The Kier molecular flexibility index (Phi) is 4.04. The average molecular weight is 176 g/mol. The molecule has 0 heterocycles. The molecule has 1 aromatic rings. The number of hydrogen-bond donors (Lipinski definition) is 1. The molecule has 1 unspecified atom stereocenters. The third-order valence-electron chi connectivity index (χ3n) is 1.52. The van der Waals surface area contributed by atoms with E-state index >= 15 is 0 Å². The number of aliphatic hydroxyl groups is 1. The van der Waals surface area contributed by atoms with Gasteiger partial charge in [0.25, 0.3) is 0 Å². The lowest BCUT2D eigenvalue weighted by Gasteiger charge is -2.05. The van der Waals surface area contributed by atoms with Crippen molar-refractivity contribution in [3.05, 3.63) is 35.9 Å². The molecular formula is C11H12O2. The summed E-state index contributed by atoms with van der Waals surface area (Å²) in [7, 11) is 0. The summed E-state index contributed by atoms with van der Waals surface area (Å²) >= 11 is 0. The first kappa shape index (κ1) is 9.79. The first-order valence-electron chi connectivity index (χ1n) is 4.09. The third-order valence-corrected chi connectivity index (χ3v) is 1.52. The van der Waals surface area contributed by atoms with Crippen molar-refractivity contribution in [3.8, 4) is 11.8 Å². The van der Waals surface area contributed by atoms with Crippen molar-refractivity contribution < 1.29 is 9.84 Å². The minimum atomic E-state index is -0.981. The van der Waals surface area contributed by atoms with Crippen molar-refractivity contribution in [2.75, 3.05) is 0 Å². The molecule has 0 amide bonds. The van der Waals surface area contributed by atoms with Gasteiger partial charge in [-0.15, -0.1) is 5.92 Å². The summed E-state index contributed by atoms with van der Waals surface area (Å²) in [5.41, 5.74) is 1.03. The summed E-state index contributed by atoms with van der Waals surface area (Å²) in [6.45, 7) is 2.05. The van der Waals surface area contributed by atoms with Gasteiger partial charge in [-0.1, -0.05) is 30.3 Å². The van der Waals surface area contributed by atoms with Crippen molar-refractivity contribution in [1.82, 2.24) is 0 Å². The van der Waals surface area contributed by atoms with Crippen molar-refractivity contribution in [2.24, 2.45) is 0 Å². The monoisotopic (exact) mass is 176 g/mol. The minimum Gasteiger partial charge on any atom is -0.358 e. The third kappa shape index (κ3) is 3.75. The van der Waals surface area contributed by atoms with E-state index in [9.17, 15) is 0 Å². The van der Waals surface area contributed by atoms with Crippen LogP contribution in [0.1, 0.15) is 12.5 Å². The second-order valence-electron chi connectivity index (χ2n) is 2.54. The van der Waals surface area contributed by atoms with Crippen LogP contribution in [-0.4, -0.2) is 11.4 Å². The van der Waals surface area contributed by atoms with Crippen molar-refractivity contribution >= 4 is 0 Å². The normalized spacial score (nSPS) is 11.5. The molecule has 0 aromatic heterocycles. The van der Waals surface area contributed by atoms with Crippen LogP contribution in [0.25, 0.3) is 0 Å². The fourth-order valence-electron chi connectivity index (χ4n) is 0.915. The maximum absolute atomic E-state index is 9.11. The Morgan fingerprint density at radius 3 is 2.69 bits per heavy atom. The molecule has 2 nitrogen and oxygen atoms in total. The van der Waals surface area contributed by atoms with Crippen molar-refractivity contribution in [2.45, 2.75) is 19.8 Å². The molecule has 0 aliphatic rings. The van der Waals surface area contributed by atoms with E-state index in [4.69, 9.17) is 9.84 Å². The van der Waals surface area contributed by atoms with Gasteiger partial charge in [-0.05, 0) is 18.4 Å². The van der Waals surface area contributed by atoms with Gasteiger partial charge in [0, 0.05) is 0 Å². The van der Waals surface area contributed by atoms with Gasteiger partial charge in [0.2, 0.25) is 6.29 Å². The minimum absolute atomic E-state index is 0.386. The number of ether oxygens (including phenoxy) is 1. The van der Waals surface area contributed by atoms with Gasteiger partial charge < -0.3 is 9.84 Å². The number of hydrogen-bond acceptors (Lipinski definition) is 2. The predicted molar refractivity (Wildman–Crippen MR) is 50.7 cm³/mol. The number of aliphatic hydroxyl groups excluding tert-OH is 1. The highest BCUT2D eigenvalue weighted by Crippen LogP contribution is 2.01. The topological polar surface area (TPSA) is 29.5 Å². The maximum Gasteiger partial charge on any atom is 0.220 e. The lowest BCUT2D eigenvalue weighted by Crippen LogP contribution is -2.08. The summed E-state index contributed by atoms with van der Waals surface area (Å²) in [6, 6.07) is 9.66. The average Bonchev–Trinajstić information content (AvgIpc) is 2.17. The summed E-state index contributed by atoms with van der Waals surface area (Å²) in [4.78, 5) is 0. The zero-order valence-corrected chi connectivity index (χ0v) is 7.53. The van der Waals surface area contributed by atoms with Crippen LogP contribution < -0.4 is 0 Å². The molecule has 0 bridgehead atoms. The highest BCUT2D eigenvalue weighted by atomic mass is 16.6. The van der Waals surface area contributed by atoms with E-state index in [-0.39, 0.29) is 0 Å². The second-order valence-corrected chi connectivity index (χ2v) is 2.54. The Labute approximate surface area is 78.2 Å². The highest BCUT2D eigenvalue weighted by molar-refractivity contribution is 5.13. The van der Waals surface area contributed by atoms with Crippen LogP contribution in [0.5, 0.6) is 0 Å². The lowest BCUT2D eigenvalue weighted by molar-refractivity contribution is -0.0664. The summed E-state index contributed by atoms with van der Waals surface area (Å²) in [5, 5.41) is 9.11. The van der Waals surface area contributed by atoms with Crippen LogP contribution in [-0.2, 0) is 11.3 Å². The number of rotatable bonds is 3. The Bertz CT molecular complexity index is 295. The largest absolute Gasteiger partial charge is 0.358 e. The zero-order chi connectivity index (χ0) is 9.52. The molecule has 0 fully saturated rings. The smallest absolute Gasteiger partial charge is 0.220 e. The van der Waals surface area contributed by atoms with Crippen LogP contribution in [0, 0.1) is 11.8 Å². The van der Waals surface area contributed by atoms with Gasteiger partial charge in [0.05, 0.1) is 6.61 Å². The first-order chi connectivity index (χ1) is 6.33. The van der Waals surface area contributed by atoms with E-state index in [1.165, 1.54) is 0 Å². The Hall–Kier alpha value is -1.30. The molecule has 2 heteroatoms. The maximum atomic E-state index is 9.11. The van der Waals surface area contributed by atoms with Crippen LogP contribution in [0.15, 0.2) is 30.3 Å². The molecule has 13 heavy (non-hydrogen) atoms. The molecule has 1 rings (SSSR count). The van der Waals surface area contributed by atoms with Gasteiger partial charge >= 0.3 is 0 Å². The van der Waals surface area contributed by atoms with Crippen LogP contribution >= 0.6 is 0 Å². The molecule has 0 saturated carbocycles. The molecule has 0 saturated heterocycles. The van der Waals surface area contributed by atoms with Gasteiger partial charge in [-0.3, -0.25) is 0 Å². The van der Waals surface area contributed by atoms with Gasteiger partial charge in [0.1, 0.15) is 0 Å². The highest BCUT2D eigenvalue weighted by Gasteiger charge is 1.98. The fraction of sp³-hybridized carbons (Fsp3) is 0.273. The Morgan fingerprint density at radius 2 is 2.08 bits per heavy atom. The summed E-state index contributed by atoms with van der Waals surface area (Å²) in [5.74, 6) is 5.08. The molecule has 0 spiro atoms. The molecular weight excluding hydrogens is 164 g/mol. The van der Waals surface area contributed by atoms with Crippen LogP contribution in [0.2, 0.25) is 0 Å². The second kappa shape index (κ2) is 5.36. The van der Waals surface area contributed by atoms with E-state index in [0.29, 0.717) is 6.61 Å². The summed E-state index contributed by atoms with van der Waals surface area (Å²) in [6.07, 6.45) is -0.981. The molecule has 68 valence electrons. The number of benzene rings is 1. The van der Waals surface area contributed by atoms with E-state index in [1.54, 1.807) is 6.92 Å². The van der Waals surface area contributed by atoms with Gasteiger partial charge in [-0.2, -0.15) is 0 Å². The molecule has 0 aliphatic carbocycles. The Morgan fingerprint density at radius 1 is 1.38 bits per heavy atom. The Balaban J connectivity index is 2.38. The fourth-order valence-corrected chi connectivity index (χ4v) is 0.915. The van der Waals surface area contributed by atoms with Gasteiger partial charge in [0.15, 0.2) is 0 Å². The van der Waals surface area contributed by atoms with Crippen LogP contribution in [0.3, 0.4) is 0 Å². The van der Waals surface area contributed by atoms with E-state index < -0.39 is 6.29 Å². The van der Waals surface area contributed by atoms with E-state index in [0.717, 1.165) is 5.56 Å². The predicted octanol–water partition coefficient (Wildman–Crippen LogP) is 1.54. The molecule has 0 aliphatic heterocycles. The van der Waals surface area contributed by atoms with Gasteiger partial charge in [-0.25, -0.2) is 0 Å². The lowest BCUT2D eigenvalue weighted by atomic mass is 10.2. The first-order valence-corrected chi connectivity index (χ1v) is 4.09. The quantitative estimate of drug-likeness (QED) is 0.559. The van der Waals surface area contributed by atoms with Crippen molar-refractivity contribution in [1.29, 1.82) is 0 Å². The van der Waals surface area contributed by atoms with E-state index in [1.807, 2.05) is 30.3 Å². The van der Waals surface area contributed by atoms with Crippen LogP contribution in [0.4, 0.5) is 0 Å². The molecule has 0 radical (unpaired) electrons. The molecule has 1 N–H and O–H groups in total. The molecule has 1 aromatic carbocycles. The summed E-state index contributed by atoms with van der Waals surface area (Å²) < 4.78 is 5.05. The SMILES string of the molecule is CC#CC(O)OCc1ccccc1. The van der Waals surface area contributed by atoms with Crippen molar-refractivity contribution in [3.63, 3.8) is 0 Å². The standard InChI is InChI=1S/C11H12O2/c1-2-6-11(12)13-9-10-7-4-3-5-8-10/h3-5,7-8,11-12H,9H2,1H3. The zero-order valence-electron chi connectivity index (χ0n) is 7.53. The molecule has 1 atom stereocenters.